The maximum absolute atomic E-state index is 12.9. The first-order chi connectivity index (χ1) is 10.6. The standard InChI is InChI=1S/C17H13FN2OS/c1-11-19-16(10-22-11)13-3-2-4-15(9-13)20-17(21)12-5-7-14(18)8-6-12/h2-10H,1H3,(H,20,21). The second-order valence-electron chi connectivity index (χ2n) is 4.79. The van der Waals surface area contributed by atoms with Gasteiger partial charge in [0.1, 0.15) is 5.82 Å². The van der Waals surface area contributed by atoms with Crippen molar-refractivity contribution in [3.8, 4) is 11.3 Å². The van der Waals surface area contributed by atoms with Gasteiger partial charge in [0, 0.05) is 22.2 Å². The number of aromatic nitrogens is 1. The number of carbonyl (C=O) groups is 1. The van der Waals surface area contributed by atoms with Gasteiger partial charge in [-0.1, -0.05) is 12.1 Å². The molecule has 0 atom stereocenters. The molecule has 1 heterocycles. The highest BCUT2D eigenvalue weighted by Gasteiger charge is 2.08. The number of aryl methyl sites for hydroxylation is 1. The van der Waals surface area contributed by atoms with Crippen LogP contribution in [0.3, 0.4) is 0 Å². The van der Waals surface area contributed by atoms with E-state index in [0.29, 0.717) is 11.3 Å². The second-order valence-corrected chi connectivity index (χ2v) is 5.86. The molecule has 0 spiro atoms. The van der Waals surface area contributed by atoms with Crippen LogP contribution in [0.4, 0.5) is 10.1 Å². The van der Waals surface area contributed by atoms with Crippen molar-refractivity contribution in [1.29, 1.82) is 0 Å². The number of benzene rings is 2. The first-order valence-electron chi connectivity index (χ1n) is 6.71. The van der Waals surface area contributed by atoms with Crippen LogP contribution in [0.5, 0.6) is 0 Å². The summed E-state index contributed by atoms with van der Waals surface area (Å²) in [6.07, 6.45) is 0. The van der Waals surface area contributed by atoms with Gasteiger partial charge in [-0.05, 0) is 43.3 Å². The van der Waals surface area contributed by atoms with Gasteiger partial charge in [0.2, 0.25) is 0 Å². The molecule has 0 fully saturated rings. The van der Waals surface area contributed by atoms with E-state index in [9.17, 15) is 9.18 Å². The normalized spacial score (nSPS) is 10.5. The maximum atomic E-state index is 12.9. The smallest absolute Gasteiger partial charge is 0.255 e. The lowest BCUT2D eigenvalue weighted by Gasteiger charge is -2.06. The molecule has 5 heteroatoms. The number of halogens is 1. The molecule has 0 aliphatic heterocycles. The molecule has 0 unspecified atom stereocenters. The number of amides is 1. The Morgan fingerprint density at radius 2 is 1.95 bits per heavy atom. The Morgan fingerprint density at radius 3 is 2.64 bits per heavy atom. The molecule has 3 rings (SSSR count). The van der Waals surface area contributed by atoms with Gasteiger partial charge >= 0.3 is 0 Å². The largest absolute Gasteiger partial charge is 0.322 e. The molecular formula is C17H13FN2OS. The first kappa shape index (κ1) is 14.4. The van der Waals surface area contributed by atoms with Gasteiger partial charge < -0.3 is 5.32 Å². The number of hydrogen-bond donors (Lipinski definition) is 1. The summed E-state index contributed by atoms with van der Waals surface area (Å²) in [5, 5.41) is 5.79. The maximum Gasteiger partial charge on any atom is 0.255 e. The molecule has 0 saturated heterocycles. The number of carbonyl (C=O) groups excluding carboxylic acids is 1. The van der Waals surface area contributed by atoms with Gasteiger partial charge in [0.05, 0.1) is 10.7 Å². The molecule has 1 N–H and O–H groups in total. The molecular weight excluding hydrogens is 299 g/mol. The van der Waals surface area contributed by atoms with Crippen molar-refractivity contribution in [2.75, 3.05) is 5.32 Å². The number of thiazole rings is 1. The van der Waals surface area contributed by atoms with Crippen LogP contribution in [0, 0.1) is 12.7 Å². The average molecular weight is 312 g/mol. The molecule has 22 heavy (non-hydrogen) atoms. The lowest BCUT2D eigenvalue weighted by Crippen LogP contribution is -2.11. The van der Waals surface area contributed by atoms with E-state index in [0.717, 1.165) is 16.3 Å². The highest BCUT2D eigenvalue weighted by molar-refractivity contribution is 7.09. The van der Waals surface area contributed by atoms with Crippen LogP contribution in [0.25, 0.3) is 11.3 Å². The molecule has 0 aliphatic carbocycles. The molecule has 3 aromatic rings. The molecule has 0 radical (unpaired) electrons. The van der Waals surface area contributed by atoms with Gasteiger partial charge in [0.15, 0.2) is 0 Å². The fraction of sp³-hybridized carbons (Fsp3) is 0.0588. The predicted octanol–water partition coefficient (Wildman–Crippen LogP) is 4.51. The van der Waals surface area contributed by atoms with Crippen molar-refractivity contribution >= 4 is 22.9 Å². The van der Waals surface area contributed by atoms with Crippen LogP contribution >= 0.6 is 11.3 Å². The van der Waals surface area contributed by atoms with E-state index in [1.54, 1.807) is 11.3 Å². The van der Waals surface area contributed by atoms with Crippen LogP contribution in [0.1, 0.15) is 15.4 Å². The van der Waals surface area contributed by atoms with Crippen molar-refractivity contribution in [3.05, 3.63) is 70.3 Å². The van der Waals surface area contributed by atoms with Crippen molar-refractivity contribution in [3.63, 3.8) is 0 Å². The first-order valence-corrected chi connectivity index (χ1v) is 7.59. The minimum Gasteiger partial charge on any atom is -0.322 e. The summed E-state index contributed by atoms with van der Waals surface area (Å²) in [5.41, 5.74) is 2.93. The number of nitrogens with zero attached hydrogens (tertiary/aromatic N) is 1. The highest BCUT2D eigenvalue weighted by atomic mass is 32.1. The molecule has 110 valence electrons. The summed E-state index contributed by atoms with van der Waals surface area (Å²) in [4.78, 5) is 16.6. The Balaban J connectivity index is 1.81. The fourth-order valence-electron chi connectivity index (χ4n) is 2.06. The van der Waals surface area contributed by atoms with Crippen LogP contribution in [-0.2, 0) is 0 Å². The van der Waals surface area contributed by atoms with Gasteiger partial charge in [-0.25, -0.2) is 9.37 Å². The SMILES string of the molecule is Cc1nc(-c2cccc(NC(=O)c3ccc(F)cc3)c2)cs1. The van der Waals surface area contributed by atoms with Crippen molar-refractivity contribution in [1.82, 2.24) is 4.98 Å². The molecule has 3 nitrogen and oxygen atoms in total. The number of hydrogen-bond acceptors (Lipinski definition) is 3. The minimum absolute atomic E-state index is 0.272. The second kappa shape index (κ2) is 6.07. The summed E-state index contributed by atoms with van der Waals surface area (Å²) in [7, 11) is 0. The molecule has 0 aliphatic rings. The third-order valence-corrected chi connectivity index (χ3v) is 3.92. The van der Waals surface area contributed by atoms with Crippen molar-refractivity contribution < 1.29 is 9.18 Å². The molecule has 1 aromatic heterocycles. The Kier molecular flexibility index (Phi) is 3.98. The topological polar surface area (TPSA) is 42.0 Å². The monoisotopic (exact) mass is 312 g/mol. The van der Waals surface area contributed by atoms with E-state index in [-0.39, 0.29) is 11.7 Å². The van der Waals surface area contributed by atoms with Crippen molar-refractivity contribution in [2.45, 2.75) is 6.92 Å². The third-order valence-electron chi connectivity index (χ3n) is 3.14. The van der Waals surface area contributed by atoms with E-state index in [1.165, 1.54) is 24.3 Å². The summed E-state index contributed by atoms with van der Waals surface area (Å²) in [6.45, 7) is 1.95. The van der Waals surface area contributed by atoms with Gasteiger partial charge in [-0.15, -0.1) is 11.3 Å². The quantitative estimate of drug-likeness (QED) is 0.773. The Bertz CT molecular complexity index is 812. The van der Waals surface area contributed by atoms with Gasteiger partial charge in [-0.2, -0.15) is 0 Å². The molecule has 2 aromatic carbocycles. The molecule has 1 amide bonds. The summed E-state index contributed by atoms with van der Waals surface area (Å²) in [6, 6.07) is 12.9. The van der Waals surface area contributed by atoms with Gasteiger partial charge in [-0.3, -0.25) is 4.79 Å². The Labute approximate surface area is 131 Å². The van der Waals surface area contributed by atoms with Crippen LogP contribution in [0.15, 0.2) is 53.9 Å². The highest BCUT2D eigenvalue weighted by Crippen LogP contribution is 2.24. The predicted molar refractivity (Wildman–Crippen MR) is 86.6 cm³/mol. The summed E-state index contributed by atoms with van der Waals surface area (Å²) >= 11 is 1.58. The fourth-order valence-corrected chi connectivity index (χ4v) is 2.68. The average Bonchev–Trinajstić information content (AvgIpc) is 2.95. The number of rotatable bonds is 3. The van der Waals surface area contributed by atoms with E-state index in [1.807, 2.05) is 36.6 Å². The number of anilines is 1. The summed E-state index contributed by atoms with van der Waals surface area (Å²) in [5.74, 6) is -0.635. The minimum atomic E-state index is -0.363. The zero-order chi connectivity index (χ0) is 15.5. The van der Waals surface area contributed by atoms with Crippen LogP contribution < -0.4 is 5.32 Å². The molecule has 0 bridgehead atoms. The Hall–Kier alpha value is -2.53. The van der Waals surface area contributed by atoms with Crippen LogP contribution in [-0.4, -0.2) is 10.9 Å². The van der Waals surface area contributed by atoms with E-state index >= 15 is 0 Å². The third kappa shape index (κ3) is 3.20. The van der Waals surface area contributed by atoms with E-state index < -0.39 is 0 Å². The van der Waals surface area contributed by atoms with Gasteiger partial charge in [0.25, 0.3) is 5.91 Å². The zero-order valence-corrected chi connectivity index (χ0v) is 12.7. The zero-order valence-electron chi connectivity index (χ0n) is 11.8. The number of nitrogens with one attached hydrogen (secondary N) is 1. The van der Waals surface area contributed by atoms with E-state index in [4.69, 9.17) is 0 Å². The lowest BCUT2D eigenvalue weighted by atomic mass is 10.1. The molecule has 0 saturated carbocycles. The lowest BCUT2D eigenvalue weighted by molar-refractivity contribution is 0.102. The van der Waals surface area contributed by atoms with E-state index in [2.05, 4.69) is 10.3 Å². The Morgan fingerprint density at radius 1 is 1.18 bits per heavy atom. The summed E-state index contributed by atoms with van der Waals surface area (Å²) < 4.78 is 12.9. The van der Waals surface area contributed by atoms with Crippen LogP contribution in [0.2, 0.25) is 0 Å². The van der Waals surface area contributed by atoms with Crippen molar-refractivity contribution in [2.24, 2.45) is 0 Å².